The number of aryl methyl sites for hydroxylation is 1. The molecule has 27 heavy (non-hydrogen) atoms. The van der Waals surface area contributed by atoms with Crippen molar-refractivity contribution in [1.82, 2.24) is 0 Å². The first-order valence-corrected chi connectivity index (χ1v) is 9.27. The topological polar surface area (TPSA) is 52.0 Å². The number of benzene rings is 2. The van der Waals surface area contributed by atoms with Crippen LogP contribution in [-0.2, 0) is 11.3 Å². The van der Waals surface area contributed by atoms with E-state index < -0.39 is 0 Å². The van der Waals surface area contributed by atoms with E-state index in [9.17, 15) is 4.79 Å². The maximum absolute atomic E-state index is 12.6. The first-order valence-electron chi connectivity index (χ1n) is 9.27. The van der Waals surface area contributed by atoms with Crippen LogP contribution in [0.3, 0.4) is 0 Å². The van der Waals surface area contributed by atoms with E-state index in [4.69, 9.17) is 9.47 Å². The van der Waals surface area contributed by atoms with E-state index in [2.05, 4.69) is 25.2 Å². The number of nitrogens with one attached hydrogen (secondary N) is 2. The van der Waals surface area contributed by atoms with E-state index in [1.165, 1.54) is 0 Å². The van der Waals surface area contributed by atoms with Crippen LogP contribution < -0.4 is 19.7 Å². The summed E-state index contributed by atoms with van der Waals surface area (Å²) < 4.78 is 10.8. The van der Waals surface area contributed by atoms with Gasteiger partial charge in [0.1, 0.15) is 6.54 Å². The van der Waals surface area contributed by atoms with Crippen LogP contribution in [0.5, 0.6) is 11.5 Å². The zero-order valence-electron chi connectivity index (χ0n) is 17.2. The number of anilines is 1. The number of para-hydroxylation sites is 2. The summed E-state index contributed by atoms with van der Waals surface area (Å²) in [7, 11) is 5.26. The van der Waals surface area contributed by atoms with Crippen molar-refractivity contribution in [2.75, 3.05) is 33.1 Å². The third-order valence-electron chi connectivity index (χ3n) is 4.63. The molecule has 0 bridgehead atoms. The van der Waals surface area contributed by atoms with E-state index in [0.717, 1.165) is 33.0 Å². The van der Waals surface area contributed by atoms with Gasteiger partial charge in [-0.25, -0.2) is 0 Å². The van der Waals surface area contributed by atoms with Gasteiger partial charge >= 0.3 is 0 Å². The minimum Gasteiger partial charge on any atom is -0.493 e. The Morgan fingerprint density at radius 1 is 1.11 bits per heavy atom. The van der Waals surface area contributed by atoms with Gasteiger partial charge in [-0.15, -0.1) is 0 Å². The van der Waals surface area contributed by atoms with Gasteiger partial charge in [-0.3, -0.25) is 4.79 Å². The second-order valence-corrected chi connectivity index (χ2v) is 7.21. The highest BCUT2D eigenvalue weighted by Crippen LogP contribution is 2.30. The molecule has 0 fully saturated rings. The molecule has 146 valence electrons. The monoisotopic (exact) mass is 371 g/mol. The molecule has 0 spiro atoms. The number of methoxy groups -OCH3 is 2. The molecule has 1 atom stereocenters. The lowest BCUT2D eigenvalue weighted by Gasteiger charge is -2.19. The molecule has 5 nitrogen and oxygen atoms in total. The van der Waals surface area contributed by atoms with Gasteiger partial charge in [0.15, 0.2) is 18.0 Å². The fourth-order valence-electron chi connectivity index (χ4n) is 3.28. The molecule has 0 saturated carbocycles. The molecule has 1 unspecified atom stereocenters. The van der Waals surface area contributed by atoms with Crippen molar-refractivity contribution in [3.05, 3.63) is 53.1 Å². The highest BCUT2D eigenvalue weighted by Gasteiger charge is 2.18. The highest BCUT2D eigenvalue weighted by atomic mass is 16.5. The molecule has 0 heterocycles. The Kier molecular flexibility index (Phi) is 7.25. The molecule has 1 amide bonds. The summed E-state index contributed by atoms with van der Waals surface area (Å²) in [4.78, 5) is 13.7. The molecule has 0 radical (unpaired) electrons. The summed E-state index contributed by atoms with van der Waals surface area (Å²) in [6, 6.07) is 11.9. The zero-order chi connectivity index (χ0) is 20.0. The number of hydrogen-bond acceptors (Lipinski definition) is 3. The van der Waals surface area contributed by atoms with E-state index in [1.54, 1.807) is 14.2 Å². The van der Waals surface area contributed by atoms with Crippen LogP contribution in [0.15, 0.2) is 36.4 Å². The van der Waals surface area contributed by atoms with Crippen molar-refractivity contribution in [2.45, 2.75) is 33.2 Å². The molecule has 0 aliphatic rings. The standard InChI is InChI=1S/C22H30N2O3/c1-15(2)18-11-7-9-16(3)21(18)23-20(25)14-24(4)13-17-10-8-12-19(26-5)22(17)27-6/h7-12,15H,13-14H2,1-6H3,(H,23,25)/p+1. The summed E-state index contributed by atoms with van der Waals surface area (Å²) in [6.45, 7) is 7.33. The normalized spacial score (nSPS) is 12.0. The Morgan fingerprint density at radius 3 is 2.44 bits per heavy atom. The number of rotatable bonds is 8. The van der Waals surface area contributed by atoms with Gasteiger partial charge in [-0.1, -0.05) is 38.1 Å². The molecule has 0 aliphatic carbocycles. The lowest BCUT2D eigenvalue weighted by Crippen LogP contribution is -3.08. The van der Waals surface area contributed by atoms with Crippen molar-refractivity contribution in [3.63, 3.8) is 0 Å². The molecule has 0 saturated heterocycles. The average Bonchev–Trinajstić information content (AvgIpc) is 2.62. The minimum atomic E-state index is 0.00515. The largest absolute Gasteiger partial charge is 0.493 e. The molecule has 0 aromatic heterocycles. The summed E-state index contributed by atoms with van der Waals surface area (Å²) in [6.07, 6.45) is 0. The maximum Gasteiger partial charge on any atom is 0.279 e. The quantitative estimate of drug-likeness (QED) is 0.750. The summed E-state index contributed by atoms with van der Waals surface area (Å²) in [5, 5.41) is 3.11. The van der Waals surface area contributed by atoms with Crippen LogP contribution in [0.1, 0.15) is 36.5 Å². The fraction of sp³-hybridized carbons (Fsp3) is 0.409. The van der Waals surface area contributed by atoms with E-state index >= 15 is 0 Å². The first-order chi connectivity index (χ1) is 12.9. The van der Waals surface area contributed by atoms with Crippen LogP contribution in [0, 0.1) is 6.92 Å². The molecule has 0 aliphatic heterocycles. The molecular formula is C22H31N2O3+. The van der Waals surface area contributed by atoms with Crippen molar-refractivity contribution < 1.29 is 19.2 Å². The van der Waals surface area contributed by atoms with Crippen LogP contribution in [0.25, 0.3) is 0 Å². The summed E-state index contributed by atoms with van der Waals surface area (Å²) in [5.41, 5.74) is 4.20. The molecular weight excluding hydrogens is 340 g/mol. The van der Waals surface area contributed by atoms with Gasteiger partial charge in [-0.05, 0) is 36.1 Å². The number of likely N-dealkylation sites (N-methyl/N-ethyl adjacent to an activating group) is 1. The Balaban J connectivity index is 2.07. The number of hydrogen-bond donors (Lipinski definition) is 2. The zero-order valence-corrected chi connectivity index (χ0v) is 17.2. The Labute approximate surface area is 162 Å². The maximum atomic E-state index is 12.6. The van der Waals surface area contributed by atoms with Crippen molar-refractivity contribution in [1.29, 1.82) is 0 Å². The first kappa shape index (κ1) is 20.8. The fourth-order valence-corrected chi connectivity index (χ4v) is 3.28. The van der Waals surface area contributed by atoms with Crippen LogP contribution in [0.4, 0.5) is 5.69 Å². The van der Waals surface area contributed by atoms with Gasteiger partial charge < -0.3 is 19.7 Å². The van der Waals surface area contributed by atoms with Crippen molar-refractivity contribution in [2.24, 2.45) is 0 Å². The predicted octanol–water partition coefficient (Wildman–Crippen LogP) is 2.79. The van der Waals surface area contributed by atoms with Crippen molar-refractivity contribution >= 4 is 11.6 Å². The third-order valence-corrected chi connectivity index (χ3v) is 4.63. The van der Waals surface area contributed by atoms with Gasteiger partial charge in [-0.2, -0.15) is 0 Å². The molecule has 2 aromatic carbocycles. The SMILES string of the molecule is COc1cccc(C[NH+](C)CC(=O)Nc2c(C)cccc2C(C)C)c1OC. The lowest BCUT2D eigenvalue weighted by molar-refractivity contribution is -0.885. The van der Waals surface area contributed by atoms with E-state index in [1.807, 2.05) is 44.3 Å². The summed E-state index contributed by atoms with van der Waals surface area (Å²) >= 11 is 0. The number of carbonyl (C=O) groups excluding carboxylic acids is 1. The third kappa shape index (κ3) is 5.23. The minimum absolute atomic E-state index is 0.00515. The van der Waals surface area contributed by atoms with Gasteiger partial charge in [0.2, 0.25) is 0 Å². The smallest absolute Gasteiger partial charge is 0.279 e. The van der Waals surface area contributed by atoms with Gasteiger partial charge in [0, 0.05) is 5.69 Å². The second-order valence-electron chi connectivity index (χ2n) is 7.21. The highest BCUT2D eigenvalue weighted by molar-refractivity contribution is 5.93. The van der Waals surface area contributed by atoms with E-state index in [0.29, 0.717) is 24.8 Å². The van der Waals surface area contributed by atoms with Crippen LogP contribution >= 0.6 is 0 Å². The van der Waals surface area contributed by atoms with Crippen LogP contribution in [-0.4, -0.2) is 33.7 Å². The van der Waals surface area contributed by atoms with Crippen molar-refractivity contribution in [3.8, 4) is 11.5 Å². The van der Waals surface area contributed by atoms with E-state index in [-0.39, 0.29) is 5.91 Å². The Bertz CT molecular complexity index is 787. The number of ether oxygens (including phenoxy) is 2. The predicted molar refractivity (Wildman–Crippen MR) is 109 cm³/mol. The number of carbonyl (C=O) groups is 1. The second kappa shape index (κ2) is 9.42. The number of quaternary nitrogens is 1. The molecule has 2 aromatic rings. The number of amides is 1. The van der Waals surface area contributed by atoms with Gasteiger partial charge in [0.05, 0.1) is 26.8 Å². The van der Waals surface area contributed by atoms with Gasteiger partial charge in [0.25, 0.3) is 5.91 Å². The summed E-state index contributed by atoms with van der Waals surface area (Å²) in [5.74, 6) is 1.78. The Morgan fingerprint density at radius 2 is 1.81 bits per heavy atom. The lowest BCUT2D eigenvalue weighted by atomic mass is 9.98. The average molecular weight is 372 g/mol. The molecule has 2 N–H and O–H groups in total. The van der Waals surface area contributed by atoms with Crippen LogP contribution in [0.2, 0.25) is 0 Å². The molecule has 5 heteroatoms. The molecule has 2 rings (SSSR count). The Hall–Kier alpha value is -2.53.